The second-order valence-corrected chi connectivity index (χ2v) is 7.67. The van der Waals surface area contributed by atoms with Crippen LogP contribution in [-0.4, -0.2) is 6.54 Å². The molecule has 1 aliphatic heterocycles. The average molecular weight is 389 g/mol. The first-order valence-corrected chi connectivity index (χ1v) is 10.4. The topological polar surface area (TPSA) is 29.3 Å². The first-order valence-electron chi connectivity index (χ1n) is 10.4. The van der Waals surface area contributed by atoms with Crippen LogP contribution in [0.15, 0.2) is 103 Å². The summed E-state index contributed by atoms with van der Waals surface area (Å²) in [6, 6.07) is 36.2. The van der Waals surface area contributed by atoms with Crippen molar-refractivity contribution in [3.63, 3.8) is 0 Å². The molecular formula is C28H24N2. The molecule has 30 heavy (non-hydrogen) atoms. The summed E-state index contributed by atoms with van der Waals surface area (Å²) in [5.41, 5.74) is 15.5. The van der Waals surface area contributed by atoms with Gasteiger partial charge in [0.05, 0.1) is 0 Å². The summed E-state index contributed by atoms with van der Waals surface area (Å²) in [6.45, 7) is 0.993. The Kier molecular flexibility index (Phi) is 4.82. The minimum absolute atomic E-state index is 0.838. The van der Waals surface area contributed by atoms with E-state index in [4.69, 9.17) is 5.73 Å². The molecule has 0 atom stereocenters. The summed E-state index contributed by atoms with van der Waals surface area (Å²) in [4.78, 5) is 2.37. The van der Waals surface area contributed by atoms with Crippen LogP contribution < -0.4 is 10.6 Å². The van der Waals surface area contributed by atoms with Gasteiger partial charge in [-0.3, -0.25) is 0 Å². The molecule has 0 aromatic heterocycles. The maximum absolute atomic E-state index is 5.95. The van der Waals surface area contributed by atoms with E-state index in [1.165, 1.54) is 39.2 Å². The lowest BCUT2D eigenvalue weighted by Gasteiger charge is -2.20. The fraction of sp³-hybridized carbons (Fsp3) is 0.0714. The van der Waals surface area contributed by atoms with Crippen molar-refractivity contribution in [3.05, 3.63) is 125 Å². The van der Waals surface area contributed by atoms with E-state index in [-0.39, 0.29) is 0 Å². The van der Waals surface area contributed by atoms with Gasteiger partial charge in [-0.25, -0.2) is 0 Å². The van der Waals surface area contributed by atoms with Gasteiger partial charge in [-0.15, -0.1) is 0 Å². The molecule has 4 aromatic carbocycles. The van der Waals surface area contributed by atoms with Crippen LogP contribution in [0.2, 0.25) is 0 Å². The Hall–Kier alpha value is -3.78. The average Bonchev–Trinajstić information content (AvgIpc) is 3.22. The Morgan fingerprint density at radius 2 is 1.37 bits per heavy atom. The van der Waals surface area contributed by atoms with E-state index in [1.807, 2.05) is 6.07 Å². The van der Waals surface area contributed by atoms with Crippen molar-refractivity contribution >= 4 is 28.7 Å². The summed E-state index contributed by atoms with van der Waals surface area (Å²) in [6.07, 6.45) is 3.31. The number of benzene rings is 4. The second-order valence-electron chi connectivity index (χ2n) is 7.67. The van der Waals surface area contributed by atoms with Crippen molar-refractivity contribution < 1.29 is 0 Å². The van der Waals surface area contributed by atoms with Crippen LogP contribution in [-0.2, 0) is 6.42 Å². The maximum Gasteiger partial charge on any atom is 0.0445 e. The van der Waals surface area contributed by atoms with Gasteiger partial charge < -0.3 is 10.6 Å². The van der Waals surface area contributed by atoms with E-state index in [2.05, 4.69) is 108 Å². The summed E-state index contributed by atoms with van der Waals surface area (Å²) < 4.78 is 0. The third kappa shape index (κ3) is 3.60. The largest absolute Gasteiger partial charge is 0.399 e. The SMILES string of the molecule is Nc1ccc2c(c1)CCN2c1ccc(C=C(c2ccccc2)c2ccccc2)cc1. The zero-order chi connectivity index (χ0) is 20.3. The Morgan fingerprint density at radius 3 is 2.00 bits per heavy atom. The maximum atomic E-state index is 5.95. The molecule has 0 fully saturated rings. The molecule has 4 aromatic rings. The first-order chi connectivity index (χ1) is 14.8. The van der Waals surface area contributed by atoms with Gasteiger partial charge in [-0.05, 0) is 70.7 Å². The normalized spacial score (nSPS) is 12.5. The molecule has 0 unspecified atom stereocenters. The van der Waals surface area contributed by atoms with Crippen LogP contribution in [0.4, 0.5) is 17.1 Å². The lowest BCUT2D eigenvalue weighted by molar-refractivity contribution is 0.998. The van der Waals surface area contributed by atoms with Gasteiger partial charge in [-0.1, -0.05) is 72.8 Å². The smallest absolute Gasteiger partial charge is 0.0445 e. The molecule has 0 bridgehead atoms. The molecule has 0 aliphatic carbocycles. The molecule has 0 amide bonds. The standard InChI is InChI=1S/C28H24N2/c29-25-13-16-28-24(20-25)17-18-30(28)26-14-11-21(12-15-26)19-27(22-7-3-1-4-8-22)23-9-5-2-6-10-23/h1-16,19-20H,17-18,29H2. The van der Waals surface area contributed by atoms with Crippen LogP contribution in [0.5, 0.6) is 0 Å². The Bertz CT molecular complexity index is 1140. The van der Waals surface area contributed by atoms with Crippen molar-refractivity contribution in [2.45, 2.75) is 6.42 Å². The van der Waals surface area contributed by atoms with Crippen molar-refractivity contribution in [1.82, 2.24) is 0 Å². The molecule has 1 aliphatic rings. The number of rotatable bonds is 4. The van der Waals surface area contributed by atoms with E-state index in [9.17, 15) is 0 Å². The number of hydrogen-bond donors (Lipinski definition) is 1. The lowest BCUT2D eigenvalue weighted by atomic mass is 9.96. The highest BCUT2D eigenvalue weighted by Crippen LogP contribution is 2.36. The van der Waals surface area contributed by atoms with Gasteiger partial charge in [0.2, 0.25) is 0 Å². The van der Waals surface area contributed by atoms with Crippen molar-refractivity contribution in [1.29, 1.82) is 0 Å². The van der Waals surface area contributed by atoms with E-state index in [1.54, 1.807) is 0 Å². The highest BCUT2D eigenvalue weighted by molar-refractivity contribution is 5.91. The molecule has 0 saturated heterocycles. The molecule has 2 nitrogen and oxygen atoms in total. The number of nitrogens with two attached hydrogens (primary N) is 1. The highest BCUT2D eigenvalue weighted by atomic mass is 15.2. The predicted octanol–water partition coefficient (Wildman–Crippen LogP) is 6.55. The second kappa shape index (κ2) is 7.92. The number of fused-ring (bicyclic) bond motifs is 1. The van der Waals surface area contributed by atoms with E-state index in [0.717, 1.165) is 18.7 Å². The molecule has 5 rings (SSSR count). The van der Waals surface area contributed by atoms with Crippen LogP contribution >= 0.6 is 0 Å². The van der Waals surface area contributed by atoms with Crippen LogP contribution in [0.1, 0.15) is 22.3 Å². The molecule has 146 valence electrons. The molecule has 0 radical (unpaired) electrons. The summed E-state index contributed by atoms with van der Waals surface area (Å²) in [7, 11) is 0. The Balaban J connectivity index is 1.48. The highest BCUT2D eigenvalue weighted by Gasteiger charge is 2.20. The predicted molar refractivity (Wildman–Crippen MR) is 128 cm³/mol. The lowest BCUT2D eigenvalue weighted by Crippen LogP contribution is -2.12. The monoisotopic (exact) mass is 388 g/mol. The quantitative estimate of drug-likeness (QED) is 0.317. The minimum atomic E-state index is 0.838. The zero-order valence-electron chi connectivity index (χ0n) is 16.8. The van der Waals surface area contributed by atoms with Crippen LogP contribution in [0.25, 0.3) is 11.6 Å². The van der Waals surface area contributed by atoms with Gasteiger partial charge in [0.15, 0.2) is 0 Å². The van der Waals surface area contributed by atoms with Gasteiger partial charge in [-0.2, -0.15) is 0 Å². The summed E-state index contributed by atoms with van der Waals surface area (Å²) in [5.74, 6) is 0. The fourth-order valence-corrected chi connectivity index (χ4v) is 4.18. The Morgan fingerprint density at radius 1 is 0.733 bits per heavy atom. The van der Waals surface area contributed by atoms with Gasteiger partial charge in [0.25, 0.3) is 0 Å². The number of hydrogen-bond acceptors (Lipinski definition) is 2. The molecule has 2 heteroatoms. The summed E-state index contributed by atoms with van der Waals surface area (Å²) >= 11 is 0. The van der Waals surface area contributed by atoms with Crippen LogP contribution in [0.3, 0.4) is 0 Å². The third-order valence-electron chi connectivity index (χ3n) is 5.68. The van der Waals surface area contributed by atoms with Gasteiger partial charge >= 0.3 is 0 Å². The number of anilines is 3. The van der Waals surface area contributed by atoms with Gasteiger partial charge in [0.1, 0.15) is 0 Å². The summed E-state index contributed by atoms with van der Waals surface area (Å²) in [5, 5.41) is 0. The molecule has 0 saturated carbocycles. The van der Waals surface area contributed by atoms with Gasteiger partial charge in [0, 0.05) is 23.6 Å². The van der Waals surface area contributed by atoms with E-state index >= 15 is 0 Å². The number of nitrogens with zero attached hydrogens (tertiary/aromatic N) is 1. The van der Waals surface area contributed by atoms with Crippen LogP contribution in [0, 0.1) is 0 Å². The molecule has 0 spiro atoms. The zero-order valence-corrected chi connectivity index (χ0v) is 16.8. The van der Waals surface area contributed by atoms with E-state index in [0.29, 0.717) is 0 Å². The van der Waals surface area contributed by atoms with Crippen molar-refractivity contribution in [2.24, 2.45) is 0 Å². The molecular weight excluding hydrogens is 364 g/mol. The molecule has 2 N–H and O–H groups in total. The van der Waals surface area contributed by atoms with E-state index < -0.39 is 0 Å². The molecule has 1 heterocycles. The third-order valence-corrected chi connectivity index (χ3v) is 5.68. The number of nitrogen functional groups attached to an aromatic ring is 1. The first kappa shape index (κ1) is 18.3. The minimum Gasteiger partial charge on any atom is -0.399 e. The van der Waals surface area contributed by atoms with Crippen molar-refractivity contribution in [2.75, 3.05) is 17.2 Å². The van der Waals surface area contributed by atoms with Crippen molar-refractivity contribution in [3.8, 4) is 0 Å². The Labute approximate surface area is 177 Å². The fourth-order valence-electron chi connectivity index (χ4n) is 4.18.